The van der Waals surface area contributed by atoms with Crippen LogP contribution in [-0.2, 0) is 19.0 Å². The van der Waals surface area contributed by atoms with E-state index < -0.39 is 12.1 Å². The molecule has 1 aliphatic heterocycles. The van der Waals surface area contributed by atoms with Crippen LogP contribution in [0.3, 0.4) is 0 Å². The van der Waals surface area contributed by atoms with Crippen LogP contribution in [0, 0.1) is 0 Å². The first-order valence-electron chi connectivity index (χ1n) is 3.74. The summed E-state index contributed by atoms with van der Waals surface area (Å²) in [6.07, 6.45) is -1.48. The summed E-state index contributed by atoms with van der Waals surface area (Å²) in [7, 11) is 0. The number of carbonyl (C=O) groups is 1. The fraction of sp³-hybridized carbons (Fsp3) is 0.857. The summed E-state index contributed by atoms with van der Waals surface area (Å²) in [4.78, 5) is 10.8. The van der Waals surface area contributed by atoms with Crippen molar-refractivity contribution < 1.29 is 24.1 Å². The van der Waals surface area contributed by atoms with Gasteiger partial charge in [0.1, 0.15) is 19.0 Å². The molecule has 1 rings (SSSR count). The Morgan fingerprint density at radius 2 is 2.17 bits per heavy atom. The van der Waals surface area contributed by atoms with E-state index in [-0.39, 0.29) is 12.9 Å². The van der Waals surface area contributed by atoms with Gasteiger partial charge in [-0.15, -0.1) is 0 Å². The molecule has 1 heterocycles. The molecule has 5 nitrogen and oxygen atoms in total. The first-order valence-corrected chi connectivity index (χ1v) is 3.74. The maximum Gasteiger partial charge on any atom is 0.335 e. The molecule has 1 atom stereocenters. The lowest BCUT2D eigenvalue weighted by atomic mass is 10.3. The molecule has 0 spiro atoms. The Kier molecular flexibility index (Phi) is 3.46. The predicted octanol–water partition coefficient (Wildman–Crippen LogP) is -0.717. The van der Waals surface area contributed by atoms with Crippen LogP contribution in [0.25, 0.3) is 0 Å². The molecule has 0 aromatic rings. The Morgan fingerprint density at radius 1 is 1.58 bits per heavy atom. The molecule has 1 aliphatic rings. The van der Waals surface area contributed by atoms with Gasteiger partial charge in [-0.05, 0) is 6.92 Å². The van der Waals surface area contributed by atoms with E-state index in [9.17, 15) is 4.79 Å². The van der Waals surface area contributed by atoms with E-state index in [1.165, 1.54) is 6.92 Å². The van der Waals surface area contributed by atoms with Crippen LogP contribution in [-0.4, -0.2) is 43.3 Å². The van der Waals surface area contributed by atoms with Crippen molar-refractivity contribution >= 4 is 5.97 Å². The number of hydrogen-bond acceptors (Lipinski definition) is 5. The van der Waals surface area contributed by atoms with Crippen LogP contribution < -0.4 is 0 Å². The fourth-order valence-corrected chi connectivity index (χ4v) is 0.797. The minimum absolute atomic E-state index is 0.239. The van der Waals surface area contributed by atoms with Crippen LogP contribution >= 0.6 is 0 Å². The molecule has 5 heteroatoms. The van der Waals surface area contributed by atoms with Gasteiger partial charge in [0, 0.05) is 0 Å². The number of carbonyl (C=O) groups excluding carboxylic acids is 1. The zero-order valence-corrected chi connectivity index (χ0v) is 6.86. The van der Waals surface area contributed by atoms with E-state index in [4.69, 9.17) is 19.3 Å². The van der Waals surface area contributed by atoms with E-state index in [1.54, 1.807) is 0 Å². The van der Waals surface area contributed by atoms with Gasteiger partial charge in [-0.1, -0.05) is 0 Å². The van der Waals surface area contributed by atoms with Gasteiger partial charge in [-0.3, -0.25) is 0 Å². The van der Waals surface area contributed by atoms with Gasteiger partial charge < -0.3 is 19.3 Å². The lowest BCUT2D eigenvalue weighted by Crippen LogP contribution is -2.36. The highest BCUT2D eigenvalue weighted by Crippen LogP contribution is 2.02. The lowest BCUT2D eigenvalue weighted by Gasteiger charge is -2.22. The standard InChI is InChI=1S/C7H12O5/c1-5(8)7(9)12-6-2-10-4-11-3-6/h5-6,8H,2-4H2,1H3. The molecule has 0 radical (unpaired) electrons. The molecule has 0 aromatic carbocycles. The summed E-state index contributed by atoms with van der Waals surface area (Å²) in [6, 6.07) is 0. The molecule has 0 saturated carbocycles. The molecule has 0 amide bonds. The summed E-state index contributed by atoms with van der Waals surface area (Å²) < 4.78 is 14.6. The summed E-state index contributed by atoms with van der Waals surface area (Å²) in [5, 5.41) is 8.80. The molecule has 0 bridgehead atoms. The minimum Gasteiger partial charge on any atom is -0.456 e. The first kappa shape index (κ1) is 9.44. The van der Waals surface area contributed by atoms with Gasteiger partial charge in [-0.25, -0.2) is 4.79 Å². The minimum atomic E-state index is -1.09. The van der Waals surface area contributed by atoms with E-state index in [2.05, 4.69) is 0 Å². The van der Waals surface area contributed by atoms with Gasteiger partial charge in [-0.2, -0.15) is 0 Å². The van der Waals surface area contributed by atoms with Crippen molar-refractivity contribution in [1.82, 2.24) is 0 Å². The number of esters is 1. The van der Waals surface area contributed by atoms with Gasteiger partial charge >= 0.3 is 5.97 Å². The van der Waals surface area contributed by atoms with Crippen LogP contribution in [0.4, 0.5) is 0 Å². The predicted molar refractivity (Wildman–Crippen MR) is 38.3 cm³/mol. The van der Waals surface area contributed by atoms with E-state index in [0.717, 1.165) is 0 Å². The first-order chi connectivity index (χ1) is 5.70. The maximum atomic E-state index is 10.8. The van der Waals surface area contributed by atoms with Crippen LogP contribution in [0.1, 0.15) is 6.92 Å². The Balaban J connectivity index is 2.24. The molecular weight excluding hydrogens is 164 g/mol. The summed E-state index contributed by atoms with van der Waals surface area (Å²) in [5.74, 6) is -0.644. The van der Waals surface area contributed by atoms with Crippen molar-refractivity contribution in [3.63, 3.8) is 0 Å². The SMILES string of the molecule is CC(O)C(=O)OC1COCOC1. The summed E-state index contributed by atoms with van der Waals surface area (Å²) in [6.45, 7) is 2.26. The second-order valence-corrected chi connectivity index (χ2v) is 2.59. The highest BCUT2D eigenvalue weighted by atomic mass is 16.7. The molecule has 0 aliphatic carbocycles. The molecule has 1 unspecified atom stereocenters. The summed E-state index contributed by atoms with van der Waals surface area (Å²) >= 11 is 0. The second-order valence-electron chi connectivity index (χ2n) is 2.59. The van der Waals surface area contributed by atoms with Gasteiger partial charge in [0.05, 0.1) is 13.2 Å². The van der Waals surface area contributed by atoms with Crippen molar-refractivity contribution in [2.24, 2.45) is 0 Å². The highest BCUT2D eigenvalue weighted by Gasteiger charge is 2.20. The lowest BCUT2D eigenvalue weighted by molar-refractivity contribution is -0.189. The van der Waals surface area contributed by atoms with Gasteiger partial charge in [0.2, 0.25) is 0 Å². The molecule has 1 N–H and O–H groups in total. The molecule has 1 saturated heterocycles. The topological polar surface area (TPSA) is 65.0 Å². The second kappa shape index (κ2) is 4.39. The third kappa shape index (κ3) is 2.77. The number of ether oxygens (including phenoxy) is 3. The van der Waals surface area contributed by atoms with E-state index >= 15 is 0 Å². The Bertz CT molecular complexity index is 150. The van der Waals surface area contributed by atoms with Crippen molar-refractivity contribution in [3.05, 3.63) is 0 Å². The van der Waals surface area contributed by atoms with Crippen molar-refractivity contribution in [2.75, 3.05) is 20.0 Å². The van der Waals surface area contributed by atoms with Crippen LogP contribution in [0.5, 0.6) is 0 Å². The van der Waals surface area contributed by atoms with Crippen LogP contribution in [0.2, 0.25) is 0 Å². The molecule has 1 fully saturated rings. The van der Waals surface area contributed by atoms with Crippen molar-refractivity contribution in [2.45, 2.75) is 19.1 Å². The van der Waals surface area contributed by atoms with Crippen LogP contribution in [0.15, 0.2) is 0 Å². The Hall–Kier alpha value is -0.650. The number of aliphatic hydroxyl groups is 1. The Morgan fingerprint density at radius 3 is 2.67 bits per heavy atom. The average Bonchev–Trinajstić information content (AvgIpc) is 2.06. The number of aliphatic hydroxyl groups excluding tert-OH is 1. The smallest absolute Gasteiger partial charge is 0.335 e. The highest BCUT2D eigenvalue weighted by molar-refractivity contribution is 5.73. The third-order valence-corrected chi connectivity index (χ3v) is 1.40. The van der Waals surface area contributed by atoms with Gasteiger partial charge in [0.25, 0.3) is 0 Å². The van der Waals surface area contributed by atoms with E-state index in [0.29, 0.717) is 13.2 Å². The van der Waals surface area contributed by atoms with Gasteiger partial charge in [0.15, 0.2) is 0 Å². The molecular formula is C7H12O5. The fourth-order valence-electron chi connectivity index (χ4n) is 0.797. The maximum absolute atomic E-state index is 10.8. The Labute approximate surface area is 70.2 Å². The molecule has 70 valence electrons. The zero-order chi connectivity index (χ0) is 8.97. The monoisotopic (exact) mass is 176 g/mol. The number of rotatable bonds is 2. The van der Waals surface area contributed by atoms with Crippen molar-refractivity contribution in [3.8, 4) is 0 Å². The van der Waals surface area contributed by atoms with Crippen molar-refractivity contribution in [1.29, 1.82) is 0 Å². The quantitative estimate of drug-likeness (QED) is 0.563. The normalized spacial score (nSPS) is 21.8. The third-order valence-electron chi connectivity index (χ3n) is 1.40. The average molecular weight is 176 g/mol. The number of hydrogen-bond donors (Lipinski definition) is 1. The largest absolute Gasteiger partial charge is 0.456 e. The zero-order valence-electron chi connectivity index (χ0n) is 6.86. The molecule has 12 heavy (non-hydrogen) atoms. The summed E-state index contributed by atoms with van der Waals surface area (Å²) in [5.41, 5.74) is 0. The molecule has 0 aromatic heterocycles. The van der Waals surface area contributed by atoms with E-state index in [1.807, 2.05) is 0 Å².